The van der Waals surface area contributed by atoms with E-state index in [0.29, 0.717) is 22.9 Å². The Morgan fingerprint density at radius 2 is 1.73 bits per heavy atom. The highest BCUT2D eigenvalue weighted by Crippen LogP contribution is 2.32. The van der Waals surface area contributed by atoms with Crippen LogP contribution in [0.3, 0.4) is 0 Å². The van der Waals surface area contributed by atoms with Gasteiger partial charge in [0.05, 0.1) is 29.0 Å². The molecule has 0 aliphatic heterocycles. The number of rotatable bonds is 4. The van der Waals surface area contributed by atoms with Crippen LogP contribution in [0.25, 0.3) is 55.8 Å². The number of amides is 1. The molecule has 37 heavy (non-hydrogen) atoms. The Balaban J connectivity index is 1.40. The van der Waals surface area contributed by atoms with Crippen molar-refractivity contribution in [1.82, 2.24) is 40.1 Å². The molecule has 0 saturated carbocycles. The van der Waals surface area contributed by atoms with Gasteiger partial charge in [-0.3, -0.25) is 24.8 Å². The number of pyridine rings is 4. The summed E-state index contributed by atoms with van der Waals surface area (Å²) in [7, 11) is 0. The average molecular weight is 490 g/mol. The molecule has 0 spiro atoms. The second-order valence-electron chi connectivity index (χ2n) is 9.77. The number of hydrogen-bond donors (Lipinski definition) is 3. The van der Waals surface area contributed by atoms with Crippen molar-refractivity contribution in [2.45, 2.75) is 20.8 Å². The molecule has 6 aromatic heterocycles. The fraction of sp³-hybridized carbons (Fsp3) is 0.148. The standard InChI is InChI=1S/C27H23N9O/c1-27(2,3)26(37)32-18-7-16(10-29-12-18)17-8-19-23(35-36-24(19)31-11-17)25-33-21-14-30-13-20(22(21)34-25)15-5-4-6-28-9-15/h4-14H,1-3H3,(H,32,37)(H,33,34)(H,31,35,36). The molecule has 0 fully saturated rings. The summed E-state index contributed by atoms with van der Waals surface area (Å²) in [6.07, 6.45) is 12.2. The van der Waals surface area contributed by atoms with Crippen LogP contribution in [0.4, 0.5) is 5.69 Å². The summed E-state index contributed by atoms with van der Waals surface area (Å²) in [5.74, 6) is 0.518. The number of hydrogen-bond acceptors (Lipinski definition) is 7. The van der Waals surface area contributed by atoms with Crippen LogP contribution >= 0.6 is 0 Å². The van der Waals surface area contributed by atoms with Crippen LogP contribution in [0, 0.1) is 5.41 Å². The minimum Gasteiger partial charge on any atom is -0.335 e. The van der Waals surface area contributed by atoms with E-state index in [1.165, 1.54) is 0 Å². The fourth-order valence-electron chi connectivity index (χ4n) is 4.01. The summed E-state index contributed by atoms with van der Waals surface area (Å²) in [6.45, 7) is 5.60. The number of H-pyrrole nitrogens is 2. The highest BCUT2D eigenvalue weighted by Gasteiger charge is 2.21. The van der Waals surface area contributed by atoms with Gasteiger partial charge in [0.25, 0.3) is 0 Å². The number of aromatic nitrogens is 8. The third-order valence-electron chi connectivity index (χ3n) is 6.02. The molecule has 6 heterocycles. The maximum absolute atomic E-state index is 12.4. The summed E-state index contributed by atoms with van der Waals surface area (Å²) in [6, 6.07) is 7.73. The Morgan fingerprint density at radius 1 is 0.919 bits per heavy atom. The third kappa shape index (κ3) is 4.18. The fourth-order valence-corrected chi connectivity index (χ4v) is 4.01. The second kappa shape index (κ2) is 8.59. The summed E-state index contributed by atoms with van der Waals surface area (Å²) < 4.78 is 0. The van der Waals surface area contributed by atoms with Gasteiger partial charge >= 0.3 is 0 Å². The second-order valence-corrected chi connectivity index (χ2v) is 9.77. The lowest BCUT2D eigenvalue weighted by molar-refractivity contribution is -0.123. The van der Waals surface area contributed by atoms with Crippen LogP contribution in [0.5, 0.6) is 0 Å². The number of nitrogens with one attached hydrogen (secondary N) is 3. The molecular formula is C27H23N9O. The number of fused-ring (bicyclic) bond motifs is 2. The van der Waals surface area contributed by atoms with Crippen molar-refractivity contribution in [2.75, 3.05) is 5.32 Å². The van der Waals surface area contributed by atoms with Crippen LogP contribution in [0.2, 0.25) is 0 Å². The van der Waals surface area contributed by atoms with E-state index in [-0.39, 0.29) is 5.91 Å². The predicted octanol–water partition coefficient (Wildman–Crippen LogP) is 5.00. The monoisotopic (exact) mass is 489 g/mol. The zero-order valence-corrected chi connectivity index (χ0v) is 20.4. The normalized spacial score (nSPS) is 11.8. The number of carbonyl (C=O) groups is 1. The first kappa shape index (κ1) is 22.5. The highest BCUT2D eigenvalue weighted by molar-refractivity contribution is 5.97. The third-order valence-corrected chi connectivity index (χ3v) is 6.02. The van der Waals surface area contributed by atoms with E-state index in [2.05, 4.69) is 40.4 Å². The van der Waals surface area contributed by atoms with E-state index in [4.69, 9.17) is 4.98 Å². The number of imidazole rings is 1. The first-order valence-corrected chi connectivity index (χ1v) is 11.7. The Morgan fingerprint density at radius 3 is 2.54 bits per heavy atom. The van der Waals surface area contributed by atoms with Gasteiger partial charge in [-0.1, -0.05) is 26.8 Å². The molecule has 0 unspecified atom stereocenters. The van der Waals surface area contributed by atoms with E-state index < -0.39 is 5.41 Å². The molecule has 6 aromatic rings. The Hall–Kier alpha value is -4.99. The van der Waals surface area contributed by atoms with E-state index in [0.717, 1.165) is 38.7 Å². The molecule has 0 atom stereocenters. The molecule has 0 saturated heterocycles. The van der Waals surface area contributed by atoms with E-state index in [1.54, 1.807) is 43.4 Å². The van der Waals surface area contributed by atoms with Crippen LogP contribution in [-0.4, -0.2) is 46.0 Å². The topological polar surface area (TPSA) is 138 Å². The highest BCUT2D eigenvalue weighted by atomic mass is 16.2. The summed E-state index contributed by atoms with van der Waals surface area (Å²) in [4.78, 5) is 38.1. The van der Waals surface area contributed by atoms with E-state index in [9.17, 15) is 4.79 Å². The minimum atomic E-state index is -0.513. The lowest BCUT2D eigenvalue weighted by atomic mass is 9.95. The van der Waals surface area contributed by atoms with Crippen molar-refractivity contribution in [3.63, 3.8) is 0 Å². The average Bonchev–Trinajstić information content (AvgIpc) is 3.52. The van der Waals surface area contributed by atoms with Crippen molar-refractivity contribution < 1.29 is 4.79 Å². The quantitative estimate of drug-likeness (QED) is 0.317. The molecule has 0 aliphatic rings. The van der Waals surface area contributed by atoms with Gasteiger partial charge < -0.3 is 10.3 Å². The predicted molar refractivity (Wildman–Crippen MR) is 141 cm³/mol. The van der Waals surface area contributed by atoms with Crippen LogP contribution in [0.1, 0.15) is 20.8 Å². The van der Waals surface area contributed by atoms with E-state index in [1.807, 2.05) is 45.0 Å². The van der Waals surface area contributed by atoms with Crippen molar-refractivity contribution >= 4 is 33.7 Å². The molecule has 0 radical (unpaired) electrons. The smallest absolute Gasteiger partial charge is 0.229 e. The number of carbonyl (C=O) groups excluding carboxylic acids is 1. The van der Waals surface area contributed by atoms with Gasteiger partial charge in [0.2, 0.25) is 5.91 Å². The zero-order chi connectivity index (χ0) is 25.6. The van der Waals surface area contributed by atoms with Gasteiger partial charge in [-0.25, -0.2) is 9.97 Å². The first-order valence-electron chi connectivity index (χ1n) is 11.7. The molecule has 6 rings (SSSR count). The molecule has 0 bridgehead atoms. The van der Waals surface area contributed by atoms with Crippen LogP contribution in [0.15, 0.2) is 67.6 Å². The van der Waals surface area contributed by atoms with Gasteiger partial charge in [-0.15, -0.1) is 0 Å². The molecule has 3 N–H and O–H groups in total. The molecule has 10 heteroatoms. The van der Waals surface area contributed by atoms with E-state index >= 15 is 0 Å². The lowest BCUT2D eigenvalue weighted by Crippen LogP contribution is -2.27. The van der Waals surface area contributed by atoms with Crippen molar-refractivity contribution in [2.24, 2.45) is 5.41 Å². The van der Waals surface area contributed by atoms with Crippen molar-refractivity contribution in [1.29, 1.82) is 0 Å². The van der Waals surface area contributed by atoms with Crippen molar-refractivity contribution in [3.8, 4) is 33.8 Å². The number of nitrogens with zero attached hydrogens (tertiary/aromatic N) is 6. The lowest BCUT2D eigenvalue weighted by Gasteiger charge is -2.17. The Labute approximate surface area is 211 Å². The van der Waals surface area contributed by atoms with Gasteiger partial charge in [0.15, 0.2) is 11.5 Å². The van der Waals surface area contributed by atoms with Gasteiger partial charge in [0.1, 0.15) is 11.2 Å². The molecule has 10 nitrogen and oxygen atoms in total. The maximum atomic E-state index is 12.4. The number of anilines is 1. The van der Waals surface area contributed by atoms with Gasteiger partial charge in [-0.05, 0) is 18.2 Å². The zero-order valence-electron chi connectivity index (χ0n) is 20.4. The summed E-state index contributed by atoms with van der Waals surface area (Å²) >= 11 is 0. The maximum Gasteiger partial charge on any atom is 0.229 e. The van der Waals surface area contributed by atoms with Crippen LogP contribution < -0.4 is 5.32 Å². The number of aromatic amines is 2. The first-order chi connectivity index (χ1) is 17.9. The largest absolute Gasteiger partial charge is 0.335 e. The summed E-state index contributed by atoms with van der Waals surface area (Å²) in [5.41, 5.74) is 6.43. The Kier molecular flexibility index (Phi) is 5.22. The SMILES string of the molecule is CC(C)(C)C(=O)Nc1cncc(-c2cnc3[nH]nc(-c4nc5c(-c6cccnc6)cncc5[nH]4)c3c2)c1. The molecule has 0 aliphatic carbocycles. The Bertz CT molecular complexity index is 1760. The minimum absolute atomic E-state index is 0.0813. The molecule has 182 valence electrons. The van der Waals surface area contributed by atoms with Crippen molar-refractivity contribution in [3.05, 3.63) is 67.6 Å². The molecule has 0 aromatic carbocycles. The molecular weight excluding hydrogens is 466 g/mol. The summed E-state index contributed by atoms with van der Waals surface area (Å²) in [5, 5.41) is 11.2. The molecule has 1 amide bonds. The van der Waals surface area contributed by atoms with Gasteiger partial charge in [0, 0.05) is 58.7 Å². The van der Waals surface area contributed by atoms with Gasteiger partial charge in [-0.2, -0.15) is 5.10 Å². The van der Waals surface area contributed by atoms with Crippen LogP contribution in [-0.2, 0) is 4.79 Å².